The highest BCUT2D eigenvalue weighted by Gasteiger charge is 2.23. The van der Waals surface area contributed by atoms with Gasteiger partial charge in [0, 0.05) is 12.4 Å². The topological polar surface area (TPSA) is 50.2 Å². The molecule has 0 saturated heterocycles. The Labute approximate surface area is 112 Å². The molecule has 0 aliphatic heterocycles. The van der Waals surface area contributed by atoms with Crippen molar-refractivity contribution >= 4 is 5.97 Å². The Hall–Kier alpha value is -2.16. The molecule has 0 amide bonds. The molecule has 2 rings (SSSR count). The highest BCUT2D eigenvalue weighted by molar-refractivity contribution is 5.76. The number of nitrogens with zero attached hydrogens (tertiary/aromatic N) is 1. The summed E-state index contributed by atoms with van der Waals surface area (Å²) in [5.74, 6) is -1.11. The average molecular weight is 255 g/mol. The summed E-state index contributed by atoms with van der Waals surface area (Å²) in [7, 11) is 0. The van der Waals surface area contributed by atoms with Gasteiger partial charge in [-0.25, -0.2) is 0 Å². The van der Waals surface area contributed by atoms with Crippen molar-refractivity contribution in [2.75, 3.05) is 0 Å². The third kappa shape index (κ3) is 3.41. The number of carbonyl (C=O) groups is 1. The number of carboxylic acid groups (broad SMARTS) is 1. The lowest BCUT2D eigenvalue weighted by molar-refractivity contribution is -0.139. The van der Waals surface area contributed by atoms with Crippen LogP contribution in [0.2, 0.25) is 0 Å². The van der Waals surface area contributed by atoms with Crippen molar-refractivity contribution in [2.24, 2.45) is 0 Å². The average Bonchev–Trinajstić information content (AvgIpc) is 2.46. The maximum absolute atomic E-state index is 11.4. The quantitative estimate of drug-likeness (QED) is 0.890. The van der Waals surface area contributed by atoms with Crippen molar-refractivity contribution in [3.8, 4) is 0 Å². The Kier molecular flexibility index (Phi) is 4.29. The maximum atomic E-state index is 11.4. The van der Waals surface area contributed by atoms with E-state index in [1.807, 2.05) is 36.4 Å². The van der Waals surface area contributed by atoms with Crippen LogP contribution in [0.15, 0.2) is 54.9 Å². The molecule has 1 heterocycles. The molecule has 0 unspecified atom stereocenters. The summed E-state index contributed by atoms with van der Waals surface area (Å²) in [4.78, 5) is 15.4. The molecule has 19 heavy (non-hydrogen) atoms. The van der Waals surface area contributed by atoms with Crippen molar-refractivity contribution in [1.29, 1.82) is 0 Å². The van der Waals surface area contributed by atoms with Crippen molar-refractivity contribution in [3.05, 3.63) is 66.0 Å². The Bertz CT molecular complexity index is 525. The number of rotatable bonds is 5. The Morgan fingerprint density at radius 3 is 2.42 bits per heavy atom. The van der Waals surface area contributed by atoms with Gasteiger partial charge in [0.25, 0.3) is 0 Å². The Balaban J connectivity index is 2.16. The second kappa shape index (κ2) is 6.14. The van der Waals surface area contributed by atoms with E-state index in [1.54, 1.807) is 18.5 Å². The molecule has 0 fully saturated rings. The first kappa shape index (κ1) is 13.3. The van der Waals surface area contributed by atoms with Crippen LogP contribution >= 0.6 is 0 Å². The second-order valence-corrected chi connectivity index (χ2v) is 4.72. The van der Waals surface area contributed by atoms with E-state index in [2.05, 4.69) is 11.9 Å². The fraction of sp³-hybridized carbons (Fsp3) is 0.250. The van der Waals surface area contributed by atoms with Gasteiger partial charge in [0.1, 0.15) is 0 Å². The van der Waals surface area contributed by atoms with E-state index < -0.39 is 11.9 Å². The van der Waals surface area contributed by atoms with Crippen molar-refractivity contribution < 1.29 is 9.90 Å². The van der Waals surface area contributed by atoms with E-state index >= 15 is 0 Å². The molecule has 0 aliphatic rings. The van der Waals surface area contributed by atoms with E-state index in [0.29, 0.717) is 6.42 Å². The predicted molar refractivity (Wildman–Crippen MR) is 74.1 cm³/mol. The summed E-state index contributed by atoms with van der Waals surface area (Å²) in [5, 5.41) is 9.39. The molecule has 0 bridgehead atoms. The molecule has 0 spiro atoms. The van der Waals surface area contributed by atoms with Gasteiger partial charge in [0.15, 0.2) is 0 Å². The van der Waals surface area contributed by atoms with Gasteiger partial charge < -0.3 is 5.11 Å². The minimum absolute atomic E-state index is 0.197. The largest absolute Gasteiger partial charge is 0.481 e. The predicted octanol–water partition coefficient (Wildman–Crippen LogP) is 3.44. The zero-order valence-electron chi connectivity index (χ0n) is 10.9. The van der Waals surface area contributed by atoms with Gasteiger partial charge in [0.05, 0.1) is 5.92 Å². The van der Waals surface area contributed by atoms with Crippen LogP contribution in [0.4, 0.5) is 0 Å². The van der Waals surface area contributed by atoms with E-state index in [1.165, 1.54) is 0 Å². The first-order chi connectivity index (χ1) is 9.18. The summed E-state index contributed by atoms with van der Waals surface area (Å²) in [6.07, 6.45) is 3.87. The Morgan fingerprint density at radius 1 is 1.16 bits per heavy atom. The molecule has 1 aromatic heterocycles. The van der Waals surface area contributed by atoms with Crippen LogP contribution in [0.5, 0.6) is 0 Å². The highest BCUT2D eigenvalue weighted by Crippen LogP contribution is 2.29. The van der Waals surface area contributed by atoms with Gasteiger partial charge in [-0.05, 0) is 29.5 Å². The van der Waals surface area contributed by atoms with E-state index in [4.69, 9.17) is 0 Å². The van der Waals surface area contributed by atoms with E-state index in [-0.39, 0.29) is 5.92 Å². The van der Waals surface area contributed by atoms with Crippen LogP contribution < -0.4 is 0 Å². The Morgan fingerprint density at radius 2 is 1.84 bits per heavy atom. The van der Waals surface area contributed by atoms with Gasteiger partial charge in [-0.3, -0.25) is 9.78 Å². The van der Waals surface area contributed by atoms with Gasteiger partial charge in [-0.2, -0.15) is 0 Å². The molecule has 3 nitrogen and oxygen atoms in total. The van der Waals surface area contributed by atoms with Crippen LogP contribution in [0, 0.1) is 0 Å². The molecular formula is C16H17NO2. The molecular weight excluding hydrogens is 238 g/mol. The summed E-state index contributed by atoms with van der Waals surface area (Å²) in [6, 6.07) is 13.6. The zero-order valence-corrected chi connectivity index (χ0v) is 10.9. The standard InChI is InChI=1S/C16H17NO2/c1-12(13-6-3-2-4-7-13)10-15(16(18)19)14-8-5-9-17-11-14/h2-9,11-12,15H,10H2,1H3,(H,18,19)/t12-,15-/m1/s1. The number of aromatic nitrogens is 1. The second-order valence-electron chi connectivity index (χ2n) is 4.72. The summed E-state index contributed by atoms with van der Waals surface area (Å²) in [5.41, 5.74) is 1.93. The molecule has 0 aliphatic carbocycles. The van der Waals surface area contributed by atoms with Gasteiger partial charge in [-0.1, -0.05) is 43.3 Å². The van der Waals surface area contributed by atoms with Crippen molar-refractivity contribution in [3.63, 3.8) is 0 Å². The molecule has 0 radical (unpaired) electrons. The molecule has 98 valence electrons. The first-order valence-electron chi connectivity index (χ1n) is 6.36. The minimum atomic E-state index is -0.796. The molecule has 3 heteroatoms. The maximum Gasteiger partial charge on any atom is 0.311 e. The van der Waals surface area contributed by atoms with Gasteiger partial charge in [-0.15, -0.1) is 0 Å². The lowest BCUT2D eigenvalue weighted by Gasteiger charge is -2.18. The van der Waals surface area contributed by atoms with E-state index in [9.17, 15) is 9.90 Å². The fourth-order valence-corrected chi connectivity index (χ4v) is 2.23. The first-order valence-corrected chi connectivity index (χ1v) is 6.36. The normalized spacial score (nSPS) is 13.7. The number of carboxylic acids is 1. The SMILES string of the molecule is C[C@H](C[C@@H](C(=O)O)c1cccnc1)c1ccccc1. The number of benzene rings is 1. The van der Waals surface area contributed by atoms with Crippen molar-refractivity contribution in [2.45, 2.75) is 25.2 Å². The molecule has 1 N–H and O–H groups in total. The summed E-state index contributed by atoms with van der Waals surface area (Å²) >= 11 is 0. The monoisotopic (exact) mass is 255 g/mol. The van der Waals surface area contributed by atoms with Crippen LogP contribution in [0.1, 0.15) is 36.3 Å². The van der Waals surface area contributed by atoms with Crippen LogP contribution in [0.25, 0.3) is 0 Å². The van der Waals surface area contributed by atoms with Crippen LogP contribution in [-0.2, 0) is 4.79 Å². The van der Waals surface area contributed by atoms with Crippen LogP contribution in [0.3, 0.4) is 0 Å². The van der Waals surface area contributed by atoms with E-state index in [0.717, 1.165) is 11.1 Å². The fourth-order valence-electron chi connectivity index (χ4n) is 2.23. The molecule has 2 atom stereocenters. The lowest BCUT2D eigenvalue weighted by Crippen LogP contribution is -2.14. The smallest absolute Gasteiger partial charge is 0.311 e. The minimum Gasteiger partial charge on any atom is -0.481 e. The van der Waals surface area contributed by atoms with Crippen molar-refractivity contribution in [1.82, 2.24) is 4.98 Å². The molecule has 1 aromatic carbocycles. The number of pyridine rings is 1. The molecule has 2 aromatic rings. The number of hydrogen-bond donors (Lipinski definition) is 1. The van der Waals surface area contributed by atoms with Crippen LogP contribution in [-0.4, -0.2) is 16.1 Å². The third-order valence-electron chi connectivity index (χ3n) is 3.34. The zero-order chi connectivity index (χ0) is 13.7. The van der Waals surface area contributed by atoms with Gasteiger partial charge in [0.2, 0.25) is 0 Å². The molecule has 0 saturated carbocycles. The number of hydrogen-bond acceptors (Lipinski definition) is 2. The third-order valence-corrected chi connectivity index (χ3v) is 3.34. The highest BCUT2D eigenvalue weighted by atomic mass is 16.4. The van der Waals surface area contributed by atoms with Gasteiger partial charge >= 0.3 is 5.97 Å². The lowest BCUT2D eigenvalue weighted by atomic mass is 9.87. The summed E-state index contributed by atoms with van der Waals surface area (Å²) in [6.45, 7) is 2.06. The summed E-state index contributed by atoms with van der Waals surface area (Å²) < 4.78 is 0. The number of aliphatic carboxylic acids is 1.